The van der Waals surface area contributed by atoms with Crippen LogP contribution in [0.25, 0.3) is 33.4 Å². The molecular weight excluding hydrogens is 396 g/mol. The lowest BCUT2D eigenvalue weighted by Crippen LogP contribution is -1.91. The van der Waals surface area contributed by atoms with Gasteiger partial charge in [-0.3, -0.25) is 0 Å². The second-order valence-corrected chi connectivity index (χ2v) is 9.21. The van der Waals surface area contributed by atoms with Gasteiger partial charge in [-0.1, -0.05) is 142 Å². The Hall–Kier alpha value is -3.12. The average Bonchev–Trinajstić information content (AvgIpc) is 2.87. The lowest BCUT2D eigenvalue weighted by Gasteiger charge is -2.14. The molecule has 0 spiro atoms. The van der Waals surface area contributed by atoms with Gasteiger partial charge >= 0.3 is 0 Å². The predicted molar refractivity (Wildman–Crippen MR) is 145 cm³/mol. The molecule has 4 aromatic rings. The summed E-state index contributed by atoms with van der Waals surface area (Å²) in [5, 5.41) is 0. The first-order valence-corrected chi connectivity index (χ1v) is 12.6. The Morgan fingerprint density at radius 1 is 0.485 bits per heavy atom. The molecule has 0 aliphatic rings. The number of rotatable bonds is 10. The molecular formula is C33H36. The van der Waals surface area contributed by atoms with Gasteiger partial charge in [0.05, 0.1) is 0 Å². The zero-order valence-electron chi connectivity index (χ0n) is 20.2. The lowest BCUT2D eigenvalue weighted by atomic mass is 9.91. The fourth-order valence-electron chi connectivity index (χ4n) is 4.55. The van der Waals surface area contributed by atoms with Crippen LogP contribution >= 0.6 is 0 Å². The Kier molecular flexibility index (Phi) is 8.14. The van der Waals surface area contributed by atoms with Crippen LogP contribution in [0.15, 0.2) is 97.1 Å². The summed E-state index contributed by atoms with van der Waals surface area (Å²) in [6.07, 6.45) is 9.21. The largest absolute Gasteiger partial charge is 0.0654 e. The molecule has 4 aromatic carbocycles. The van der Waals surface area contributed by atoms with E-state index < -0.39 is 0 Å². The predicted octanol–water partition coefficient (Wildman–Crippen LogP) is 9.90. The summed E-state index contributed by atoms with van der Waals surface area (Å²) < 4.78 is 0. The van der Waals surface area contributed by atoms with Gasteiger partial charge in [0.2, 0.25) is 0 Å². The van der Waals surface area contributed by atoms with E-state index in [4.69, 9.17) is 0 Å². The number of hydrogen-bond acceptors (Lipinski definition) is 0. The van der Waals surface area contributed by atoms with Gasteiger partial charge in [-0.05, 0) is 58.7 Å². The average molecular weight is 433 g/mol. The Morgan fingerprint density at radius 2 is 1.06 bits per heavy atom. The van der Waals surface area contributed by atoms with Gasteiger partial charge in [0.15, 0.2) is 0 Å². The zero-order valence-corrected chi connectivity index (χ0v) is 20.2. The molecule has 33 heavy (non-hydrogen) atoms. The SMILES string of the molecule is CCCCCCCCc1ccc(-c2ccc(-c3ccc(C)cc3)cc2)c(-c2ccccc2)c1. The minimum absolute atomic E-state index is 1.17. The fraction of sp³-hybridized carbons (Fsp3) is 0.273. The molecule has 0 bridgehead atoms. The van der Waals surface area contributed by atoms with Crippen LogP contribution in [0, 0.1) is 6.92 Å². The molecule has 0 fully saturated rings. The van der Waals surface area contributed by atoms with E-state index >= 15 is 0 Å². The van der Waals surface area contributed by atoms with E-state index in [1.54, 1.807) is 0 Å². The van der Waals surface area contributed by atoms with Gasteiger partial charge in [0.1, 0.15) is 0 Å². The Morgan fingerprint density at radius 3 is 1.76 bits per heavy atom. The summed E-state index contributed by atoms with van der Waals surface area (Å²) >= 11 is 0. The zero-order chi connectivity index (χ0) is 22.9. The summed E-state index contributed by atoms with van der Waals surface area (Å²) in [6, 6.07) is 35.7. The minimum Gasteiger partial charge on any atom is -0.0654 e. The highest BCUT2D eigenvalue weighted by molar-refractivity contribution is 5.84. The molecule has 0 aliphatic heterocycles. The maximum atomic E-state index is 2.42. The van der Waals surface area contributed by atoms with E-state index in [9.17, 15) is 0 Å². The van der Waals surface area contributed by atoms with Gasteiger partial charge in [-0.2, -0.15) is 0 Å². The summed E-state index contributed by atoms with van der Waals surface area (Å²) in [4.78, 5) is 0. The number of aryl methyl sites for hydroxylation is 2. The highest BCUT2D eigenvalue weighted by atomic mass is 14.1. The van der Waals surface area contributed by atoms with Crippen LogP contribution in [0.3, 0.4) is 0 Å². The molecule has 0 aliphatic carbocycles. The number of hydrogen-bond donors (Lipinski definition) is 0. The Bertz CT molecular complexity index is 1120. The van der Waals surface area contributed by atoms with E-state index in [1.807, 2.05) is 0 Å². The van der Waals surface area contributed by atoms with Crippen molar-refractivity contribution < 1.29 is 0 Å². The van der Waals surface area contributed by atoms with Crippen LogP contribution in [-0.4, -0.2) is 0 Å². The lowest BCUT2D eigenvalue weighted by molar-refractivity contribution is 0.607. The second kappa shape index (κ2) is 11.7. The molecule has 0 radical (unpaired) electrons. The van der Waals surface area contributed by atoms with Gasteiger partial charge < -0.3 is 0 Å². The fourth-order valence-corrected chi connectivity index (χ4v) is 4.55. The molecule has 168 valence electrons. The highest BCUT2D eigenvalue weighted by Crippen LogP contribution is 2.34. The van der Waals surface area contributed by atoms with Crippen molar-refractivity contribution in [3.05, 3.63) is 108 Å². The molecule has 0 aromatic heterocycles. The Balaban J connectivity index is 1.57. The summed E-state index contributed by atoms with van der Waals surface area (Å²) in [5.41, 5.74) is 10.5. The highest BCUT2D eigenvalue weighted by Gasteiger charge is 2.10. The van der Waals surface area contributed by atoms with E-state index in [1.165, 1.54) is 89.5 Å². The first-order valence-electron chi connectivity index (χ1n) is 12.6. The van der Waals surface area contributed by atoms with Crippen molar-refractivity contribution >= 4 is 0 Å². The van der Waals surface area contributed by atoms with Crippen LogP contribution in [0.5, 0.6) is 0 Å². The van der Waals surface area contributed by atoms with Crippen molar-refractivity contribution in [2.75, 3.05) is 0 Å². The first kappa shape index (κ1) is 23.1. The van der Waals surface area contributed by atoms with Crippen molar-refractivity contribution in [3.8, 4) is 33.4 Å². The Labute approximate surface area is 200 Å². The maximum absolute atomic E-state index is 2.42. The quantitative estimate of drug-likeness (QED) is 0.219. The third-order valence-corrected chi connectivity index (χ3v) is 6.57. The summed E-state index contributed by atoms with van der Waals surface area (Å²) in [7, 11) is 0. The van der Waals surface area contributed by atoms with Gasteiger partial charge in [-0.15, -0.1) is 0 Å². The third kappa shape index (κ3) is 6.23. The minimum atomic E-state index is 1.17. The standard InChI is InChI=1S/C33H36/c1-3-4-5-6-7-9-12-27-17-24-32(33(25-27)30-13-10-8-11-14-30)31-22-20-29(21-23-31)28-18-15-26(2)16-19-28/h8,10-11,13-25H,3-7,9,12H2,1-2H3. The molecule has 0 unspecified atom stereocenters. The molecule has 0 atom stereocenters. The number of unbranched alkanes of at least 4 members (excludes halogenated alkanes) is 5. The van der Waals surface area contributed by atoms with Crippen molar-refractivity contribution in [1.29, 1.82) is 0 Å². The van der Waals surface area contributed by atoms with E-state index in [0.717, 1.165) is 0 Å². The smallest absolute Gasteiger partial charge is 0.0103 e. The summed E-state index contributed by atoms with van der Waals surface area (Å²) in [5.74, 6) is 0. The second-order valence-electron chi connectivity index (χ2n) is 9.21. The normalized spacial score (nSPS) is 11.0. The van der Waals surface area contributed by atoms with Crippen molar-refractivity contribution in [2.24, 2.45) is 0 Å². The molecule has 4 rings (SSSR count). The molecule has 0 N–H and O–H groups in total. The van der Waals surface area contributed by atoms with Crippen LogP contribution in [0.1, 0.15) is 56.6 Å². The maximum Gasteiger partial charge on any atom is -0.0103 e. The summed E-state index contributed by atoms with van der Waals surface area (Å²) in [6.45, 7) is 4.41. The monoisotopic (exact) mass is 432 g/mol. The van der Waals surface area contributed by atoms with Crippen LogP contribution < -0.4 is 0 Å². The molecule has 0 amide bonds. The van der Waals surface area contributed by atoms with Crippen LogP contribution in [0.4, 0.5) is 0 Å². The van der Waals surface area contributed by atoms with Crippen LogP contribution in [-0.2, 0) is 6.42 Å². The van der Waals surface area contributed by atoms with Gasteiger partial charge in [-0.25, -0.2) is 0 Å². The van der Waals surface area contributed by atoms with E-state index in [2.05, 4.69) is 111 Å². The third-order valence-electron chi connectivity index (χ3n) is 6.57. The van der Waals surface area contributed by atoms with E-state index in [0.29, 0.717) is 0 Å². The van der Waals surface area contributed by atoms with Crippen molar-refractivity contribution in [1.82, 2.24) is 0 Å². The molecule has 0 saturated carbocycles. The molecule has 0 heterocycles. The molecule has 0 saturated heterocycles. The van der Waals surface area contributed by atoms with E-state index in [-0.39, 0.29) is 0 Å². The van der Waals surface area contributed by atoms with Crippen molar-refractivity contribution in [3.63, 3.8) is 0 Å². The molecule has 0 heteroatoms. The van der Waals surface area contributed by atoms with Crippen LogP contribution in [0.2, 0.25) is 0 Å². The van der Waals surface area contributed by atoms with Gasteiger partial charge in [0, 0.05) is 0 Å². The molecule has 0 nitrogen and oxygen atoms in total. The van der Waals surface area contributed by atoms with Gasteiger partial charge in [0.25, 0.3) is 0 Å². The first-order chi connectivity index (χ1) is 16.2. The topological polar surface area (TPSA) is 0 Å². The number of benzene rings is 4. The van der Waals surface area contributed by atoms with Crippen molar-refractivity contribution in [2.45, 2.75) is 58.8 Å².